The maximum absolute atomic E-state index is 13.7. The van der Waals surface area contributed by atoms with Gasteiger partial charge in [-0.1, -0.05) is 0 Å². The van der Waals surface area contributed by atoms with Crippen LogP contribution in [-0.2, 0) is 6.54 Å². The van der Waals surface area contributed by atoms with Crippen molar-refractivity contribution < 1.29 is 8.78 Å². The molecule has 3 N–H and O–H groups in total. The minimum atomic E-state index is -0.442. The molecule has 0 saturated carbocycles. The van der Waals surface area contributed by atoms with Crippen molar-refractivity contribution in [3.63, 3.8) is 0 Å². The van der Waals surface area contributed by atoms with Gasteiger partial charge in [-0.2, -0.15) is 0 Å². The molecule has 2 heterocycles. The van der Waals surface area contributed by atoms with Gasteiger partial charge in [0.2, 0.25) is 0 Å². The maximum atomic E-state index is 13.7. The van der Waals surface area contributed by atoms with Gasteiger partial charge in [0.05, 0.1) is 17.6 Å². The molecule has 0 radical (unpaired) electrons. The predicted molar refractivity (Wildman–Crippen MR) is 74.5 cm³/mol. The van der Waals surface area contributed by atoms with Crippen LogP contribution in [-0.4, -0.2) is 18.1 Å². The SMILES string of the molecule is Nc1cnc2c(c1)N(Cc1cc(F)ccc1F)CCN2. The zero-order valence-corrected chi connectivity index (χ0v) is 10.7. The Morgan fingerprint density at radius 3 is 3.00 bits per heavy atom. The number of rotatable bonds is 2. The number of hydrogen-bond donors (Lipinski definition) is 2. The zero-order chi connectivity index (χ0) is 14.1. The third-order valence-electron chi connectivity index (χ3n) is 3.27. The molecule has 0 atom stereocenters. The number of hydrogen-bond acceptors (Lipinski definition) is 4. The maximum Gasteiger partial charge on any atom is 0.149 e. The lowest BCUT2D eigenvalue weighted by Gasteiger charge is -2.31. The second-order valence-corrected chi connectivity index (χ2v) is 4.72. The predicted octanol–water partition coefficient (Wildman–Crippen LogP) is 2.37. The van der Waals surface area contributed by atoms with Gasteiger partial charge < -0.3 is 16.0 Å². The van der Waals surface area contributed by atoms with Crippen LogP contribution in [0.4, 0.5) is 26.0 Å². The summed E-state index contributed by atoms with van der Waals surface area (Å²) in [6.07, 6.45) is 1.57. The number of halogens is 2. The van der Waals surface area contributed by atoms with Crippen LogP contribution in [0.3, 0.4) is 0 Å². The highest BCUT2D eigenvalue weighted by Gasteiger charge is 2.19. The van der Waals surface area contributed by atoms with E-state index in [1.54, 1.807) is 12.3 Å². The standard InChI is InChI=1S/C14H14F2N4/c15-10-1-2-12(16)9(5-10)8-20-4-3-18-14-13(20)6-11(17)7-19-14/h1-2,5-7H,3-4,8,17H2,(H,18,19). The van der Waals surface area contributed by atoms with E-state index in [-0.39, 0.29) is 6.54 Å². The second-order valence-electron chi connectivity index (χ2n) is 4.72. The first kappa shape index (κ1) is 12.7. The van der Waals surface area contributed by atoms with Crippen molar-refractivity contribution in [1.82, 2.24) is 4.98 Å². The van der Waals surface area contributed by atoms with Crippen molar-refractivity contribution >= 4 is 17.2 Å². The van der Waals surface area contributed by atoms with Gasteiger partial charge in [0.1, 0.15) is 17.5 Å². The third-order valence-corrected chi connectivity index (χ3v) is 3.27. The molecule has 1 aromatic heterocycles. The van der Waals surface area contributed by atoms with Gasteiger partial charge in [-0.15, -0.1) is 0 Å². The molecule has 0 spiro atoms. The van der Waals surface area contributed by atoms with E-state index < -0.39 is 11.6 Å². The quantitative estimate of drug-likeness (QED) is 0.884. The number of nitrogens with two attached hydrogens (primary N) is 1. The van der Waals surface area contributed by atoms with E-state index in [0.717, 1.165) is 17.8 Å². The molecule has 2 aromatic rings. The fourth-order valence-electron chi connectivity index (χ4n) is 2.31. The topological polar surface area (TPSA) is 54.2 Å². The number of anilines is 3. The number of nitrogens with zero attached hydrogens (tertiary/aromatic N) is 2. The van der Waals surface area contributed by atoms with Crippen LogP contribution in [0, 0.1) is 11.6 Å². The Morgan fingerprint density at radius 2 is 2.15 bits per heavy atom. The highest BCUT2D eigenvalue weighted by molar-refractivity contribution is 5.71. The van der Waals surface area contributed by atoms with Crippen LogP contribution >= 0.6 is 0 Å². The summed E-state index contributed by atoms with van der Waals surface area (Å²) in [6.45, 7) is 1.65. The smallest absolute Gasteiger partial charge is 0.149 e. The summed E-state index contributed by atoms with van der Waals surface area (Å²) in [5.74, 6) is -0.145. The van der Waals surface area contributed by atoms with E-state index in [1.165, 1.54) is 6.07 Å². The lowest BCUT2D eigenvalue weighted by molar-refractivity contribution is 0.580. The van der Waals surface area contributed by atoms with Gasteiger partial charge in [0.25, 0.3) is 0 Å². The van der Waals surface area contributed by atoms with Crippen LogP contribution in [0.5, 0.6) is 0 Å². The minimum Gasteiger partial charge on any atom is -0.397 e. The molecule has 0 bridgehead atoms. The third kappa shape index (κ3) is 2.36. The first-order chi connectivity index (χ1) is 9.63. The van der Waals surface area contributed by atoms with Gasteiger partial charge in [-0.25, -0.2) is 13.8 Å². The van der Waals surface area contributed by atoms with Gasteiger partial charge >= 0.3 is 0 Å². The van der Waals surface area contributed by atoms with Crippen molar-refractivity contribution in [2.24, 2.45) is 0 Å². The van der Waals surface area contributed by atoms with Crippen molar-refractivity contribution in [3.05, 3.63) is 47.7 Å². The Hall–Kier alpha value is -2.37. The minimum absolute atomic E-state index is 0.281. The average Bonchev–Trinajstić information content (AvgIpc) is 2.43. The molecule has 6 heteroatoms. The summed E-state index contributed by atoms with van der Waals surface area (Å²) >= 11 is 0. The summed E-state index contributed by atoms with van der Waals surface area (Å²) in [5.41, 5.74) is 7.40. The molecule has 4 nitrogen and oxygen atoms in total. The van der Waals surface area contributed by atoms with E-state index >= 15 is 0 Å². The summed E-state index contributed by atoms with van der Waals surface area (Å²) in [6, 6.07) is 5.26. The largest absolute Gasteiger partial charge is 0.397 e. The van der Waals surface area contributed by atoms with Crippen LogP contribution in [0.15, 0.2) is 30.5 Å². The highest BCUT2D eigenvalue weighted by Crippen LogP contribution is 2.30. The molecule has 104 valence electrons. The van der Waals surface area contributed by atoms with E-state index in [2.05, 4.69) is 10.3 Å². The molecule has 0 amide bonds. The number of nitrogens with one attached hydrogen (secondary N) is 1. The van der Waals surface area contributed by atoms with Gasteiger partial charge in [0.15, 0.2) is 0 Å². The molecule has 1 aliphatic rings. The number of benzene rings is 1. The normalized spacial score (nSPS) is 13.8. The lowest BCUT2D eigenvalue weighted by atomic mass is 10.1. The monoisotopic (exact) mass is 276 g/mol. The van der Waals surface area contributed by atoms with Gasteiger partial charge in [-0.05, 0) is 24.3 Å². The first-order valence-electron chi connectivity index (χ1n) is 6.32. The van der Waals surface area contributed by atoms with Crippen molar-refractivity contribution in [2.75, 3.05) is 29.0 Å². The van der Waals surface area contributed by atoms with Crippen LogP contribution in [0.2, 0.25) is 0 Å². The van der Waals surface area contributed by atoms with E-state index in [0.29, 0.717) is 30.2 Å². The molecule has 1 aromatic carbocycles. The Bertz CT molecular complexity index is 645. The van der Waals surface area contributed by atoms with Crippen molar-refractivity contribution in [3.8, 4) is 0 Å². The summed E-state index contributed by atoms with van der Waals surface area (Å²) in [7, 11) is 0. The Balaban J connectivity index is 1.93. The number of aromatic nitrogens is 1. The van der Waals surface area contributed by atoms with Crippen LogP contribution in [0.1, 0.15) is 5.56 Å². The first-order valence-corrected chi connectivity index (χ1v) is 6.32. The fourth-order valence-corrected chi connectivity index (χ4v) is 2.31. The molecular weight excluding hydrogens is 262 g/mol. The van der Waals surface area contributed by atoms with Crippen LogP contribution < -0.4 is 16.0 Å². The Morgan fingerprint density at radius 1 is 1.30 bits per heavy atom. The summed E-state index contributed by atoms with van der Waals surface area (Å²) in [4.78, 5) is 6.14. The van der Waals surface area contributed by atoms with E-state index in [4.69, 9.17) is 5.73 Å². The molecule has 0 aliphatic carbocycles. The van der Waals surface area contributed by atoms with E-state index in [9.17, 15) is 8.78 Å². The summed E-state index contributed by atoms with van der Waals surface area (Å²) < 4.78 is 27.0. The van der Waals surface area contributed by atoms with Gasteiger partial charge in [-0.3, -0.25) is 0 Å². The number of fused-ring (bicyclic) bond motifs is 1. The molecule has 0 saturated heterocycles. The van der Waals surface area contributed by atoms with Crippen LogP contribution in [0.25, 0.3) is 0 Å². The van der Waals surface area contributed by atoms with E-state index in [1.807, 2.05) is 4.90 Å². The van der Waals surface area contributed by atoms with Crippen molar-refractivity contribution in [2.45, 2.75) is 6.54 Å². The molecule has 20 heavy (non-hydrogen) atoms. The second kappa shape index (κ2) is 4.96. The molecule has 1 aliphatic heterocycles. The fraction of sp³-hybridized carbons (Fsp3) is 0.214. The Labute approximate surface area is 115 Å². The average molecular weight is 276 g/mol. The summed E-state index contributed by atoms with van der Waals surface area (Å²) in [5, 5.41) is 3.16. The Kier molecular flexibility index (Phi) is 3.14. The lowest BCUT2D eigenvalue weighted by Crippen LogP contribution is -2.34. The molecule has 0 fully saturated rings. The number of pyridine rings is 1. The van der Waals surface area contributed by atoms with Gasteiger partial charge in [0, 0.05) is 25.2 Å². The highest BCUT2D eigenvalue weighted by atomic mass is 19.1. The molecule has 3 rings (SSSR count). The zero-order valence-electron chi connectivity index (χ0n) is 10.7. The van der Waals surface area contributed by atoms with Crippen molar-refractivity contribution in [1.29, 1.82) is 0 Å². The number of nitrogen functional groups attached to an aromatic ring is 1. The molecular formula is C14H14F2N4. The molecule has 0 unspecified atom stereocenters.